The van der Waals surface area contributed by atoms with Crippen LogP contribution < -0.4 is 11.4 Å². The Morgan fingerprint density at radius 1 is 1.64 bits per heavy atom. The third kappa shape index (κ3) is 3.18. The number of carbonyl (C=O) groups is 1. The van der Waals surface area contributed by atoms with Gasteiger partial charge in [-0.1, -0.05) is 0 Å². The van der Waals surface area contributed by atoms with E-state index in [0.717, 1.165) is 0 Å². The number of ether oxygens (including phenoxy) is 1. The number of nitrogens with two attached hydrogens (primary N) is 1. The second-order valence-electron chi connectivity index (χ2n) is 5.08. The van der Waals surface area contributed by atoms with Gasteiger partial charge >= 0.3 is 11.7 Å². The van der Waals surface area contributed by atoms with E-state index in [1.54, 1.807) is 6.92 Å². The predicted octanol–water partition coefficient (Wildman–Crippen LogP) is -0.771. The molecule has 0 bridgehead atoms. The van der Waals surface area contributed by atoms with Gasteiger partial charge in [-0.3, -0.25) is 4.57 Å². The molecule has 1 aliphatic rings. The molecule has 1 aliphatic carbocycles. The summed E-state index contributed by atoms with van der Waals surface area (Å²) in [7, 11) is 0. The highest BCUT2D eigenvalue weighted by atomic mass is 16.5. The standard InChI is InChI=1S/C14H19N3O5/c1-2-22-12(19)6-9-10(5-8(7-18)13(9)20)17-4-3-11(15)16-14(17)21/h3-4,6,8,10,13,18,20H,2,5,7H2,1H3,(H2,15,16,21). The zero-order valence-corrected chi connectivity index (χ0v) is 12.2. The second-order valence-corrected chi connectivity index (χ2v) is 5.08. The number of hydrogen-bond donors (Lipinski definition) is 3. The molecule has 2 rings (SSSR count). The number of anilines is 1. The first-order chi connectivity index (χ1) is 10.5. The minimum absolute atomic E-state index is 0.0921. The maximum Gasteiger partial charge on any atom is 0.350 e. The molecule has 3 atom stereocenters. The molecule has 8 heteroatoms. The molecule has 0 saturated heterocycles. The van der Waals surface area contributed by atoms with Crippen LogP contribution in [0.5, 0.6) is 0 Å². The van der Waals surface area contributed by atoms with Crippen LogP contribution in [0, 0.1) is 5.92 Å². The third-order valence-corrected chi connectivity index (χ3v) is 3.69. The number of nitrogen functional groups attached to an aromatic ring is 1. The molecule has 0 amide bonds. The molecule has 1 aromatic heterocycles. The number of aromatic nitrogens is 2. The summed E-state index contributed by atoms with van der Waals surface area (Å²) in [5, 5.41) is 19.6. The number of aliphatic hydroxyl groups is 2. The van der Waals surface area contributed by atoms with Gasteiger partial charge in [-0.15, -0.1) is 0 Å². The maximum atomic E-state index is 12.0. The normalized spacial score (nSPS) is 26.3. The predicted molar refractivity (Wildman–Crippen MR) is 77.9 cm³/mol. The Balaban J connectivity index is 2.42. The van der Waals surface area contributed by atoms with Crippen molar-refractivity contribution in [1.82, 2.24) is 9.55 Å². The highest BCUT2D eigenvalue weighted by Crippen LogP contribution is 2.38. The number of carbonyl (C=O) groups excluding carboxylic acids is 1. The van der Waals surface area contributed by atoms with Crippen LogP contribution in [0.25, 0.3) is 0 Å². The average Bonchev–Trinajstić information content (AvgIpc) is 2.76. The molecule has 1 heterocycles. The van der Waals surface area contributed by atoms with Crippen LogP contribution in [-0.4, -0.2) is 45.1 Å². The average molecular weight is 309 g/mol. The van der Waals surface area contributed by atoms with E-state index in [0.29, 0.717) is 12.0 Å². The van der Waals surface area contributed by atoms with Gasteiger partial charge in [0.25, 0.3) is 0 Å². The van der Waals surface area contributed by atoms with Crippen LogP contribution in [0.1, 0.15) is 19.4 Å². The van der Waals surface area contributed by atoms with Crippen molar-refractivity contribution >= 4 is 11.8 Å². The Morgan fingerprint density at radius 3 is 2.95 bits per heavy atom. The van der Waals surface area contributed by atoms with E-state index in [1.807, 2.05) is 0 Å². The molecule has 8 nitrogen and oxygen atoms in total. The highest BCUT2D eigenvalue weighted by Gasteiger charge is 2.39. The Morgan fingerprint density at radius 2 is 2.36 bits per heavy atom. The van der Waals surface area contributed by atoms with Crippen LogP contribution in [0.3, 0.4) is 0 Å². The van der Waals surface area contributed by atoms with Gasteiger partial charge in [0.15, 0.2) is 0 Å². The summed E-state index contributed by atoms with van der Waals surface area (Å²) in [6, 6.07) is 0.888. The SMILES string of the molecule is CCOC(=O)C=C1C(O)C(CO)CC1n1ccc(N)nc1=O. The van der Waals surface area contributed by atoms with Crippen LogP contribution >= 0.6 is 0 Å². The summed E-state index contributed by atoms with van der Waals surface area (Å²) in [4.78, 5) is 27.3. The molecular weight excluding hydrogens is 290 g/mol. The maximum absolute atomic E-state index is 12.0. The van der Waals surface area contributed by atoms with Gasteiger partial charge < -0.3 is 20.7 Å². The molecule has 3 unspecified atom stereocenters. The highest BCUT2D eigenvalue weighted by molar-refractivity contribution is 5.83. The van der Waals surface area contributed by atoms with Gasteiger partial charge in [0.05, 0.1) is 18.8 Å². The number of aliphatic hydroxyl groups excluding tert-OH is 2. The van der Waals surface area contributed by atoms with Crippen LogP contribution in [-0.2, 0) is 9.53 Å². The van der Waals surface area contributed by atoms with Gasteiger partial charge in [0.2, 0.25) is 0 Å². The second kappa shape index (κ2) is 6.71. The molecule has 22 heavy (non-hydrogen) atoms. The Bertz CT molecular complexity index is 640. The van der Waals surface area contributed by atoms with Crippen molar-refractivity contribution in [2.75, 3.05) is 18.9 Å². The Kier molecular flexibility index (Phi) is 4.94. The fourth-order valence-corrected chi connectivity index (χ4v) is 2.63. The summed E-state index contributed by atoms with van der Waals surface area (Å²) in [5.74, 6) is -0.971. The fraction of sp³-hybridized carbons (Fsp3) is 0.500. The van der Waals surface area contributed by atoms with E-state index >= 15 is 0 Å². The minimum atomic E-state index is -1.02. The molecular formula is C14H19N3O5. The number of hydrogen-bond acceptors (Lipinski definition) is 7. The van der Waals surface area contributed by atoms with Crippen molar-refractivity contribution in [2.24, 2.45) is 5.92 Å². The van der Waals surface area contributed by atoms with Crippen molar-refractivity contribution in [3.05, 3.63) is 34.4 Å². The topological polar surface area (TPSA) is 128 Å². The van der Waals surface area contributed by atoms with Crippen molar-refractivity contribution in [2.45, 2.75) is 25.5 Å². The zero-order valence-electron chi connectivity index (χ0n) is 12.2. The lowest BCUT2D eigenvalue weighted by molar-refractivity contribution is -0.137. The first-order valence-electron chi connectivity index (χ1n) is 6.99. The Hall–Kier alpha value is -2.19. The molecule has 0 spiro atoms. The lowest BCUT2D eigenvalue weighted by atomic mass is 10.1. The van der Waals surface area contributed by atoms with E-state index in [9.17, 15) is 19.8 Å². The van der Waals surface area contributed by atoms with Crippen molar-refractivity contribution in [3.63, 3.8) is 0 Å². The molecule has 0 aliphatic heterocycles. The van der Waals surface area contributed by atoms with Gasteiger partial charge in [0.1, 0.15) is 5.82 Å². The summed E-state index contributed by atoms with van der Waals surface area (Å²) >= 11 is 0. The summed E-state index contributed by atoms with van der Waals surface area (Å²) < 4.78 is 6.13. The van der Waals surface area contributed by atoms with E-state index in [1.165, 1.54) is 22.9 Å². The van der Waals surface area contributed by atoms with Crippen molar-refractivity contribution in [1.29, 1.82) is 0 Å². The zero-order chi connectivity index (χ0) is 16.3. The molecule has 0 aromatic carbocycles. The van der Waals surface area contributed by atoms with Gasteiger partial charge in [0, 0.05) is 24.8 Å². The van der Waals surface area contributed by atoms with E-state index in [4.69, 9.17) is 10.5 Å². The molecule has 120 valence electrons. The van der Waals surface area contributed by atoms with E-state index < -0.39 is 29.7 Å². The van der Waals surface area contributed by atoms with Crippen molar-refractivity contribution < 1.29 is 19.7 Å². The fourth-order valence-electron chi connectivity index (χ4n) is 2.63. The molecule has 1 saturated carbocycles. The quantitative estimate of drug-likeness (QED) is 0.492. The summed E-state index contributed by atoms with van der Waals surface area (Å²) in [6.45, 7) is 1.62. The number of nitrogens with zero attached hydrogens (tertiary/aromatic N) is 2. The molecule has 0 radical (unpaired) electrons. The van der Waals surface area contributed by atoms with Gasteiger partial charge in [-0.05, 0) is 25.0 Å². The van der Waals surface area contributed by atoms with Crippen LogP contribution in [0.2, 0.25) is 0 Å². The molecule has 4 N–H and O–H groups in total. The van der Waals surface area contributed by atoms with E-state index in [2.05, 4.69) is 4.98 Å². The van der Waals surface area contributed by atoms with Crippen LogP contribution in [0.15, 0.2) is 28.7 Å². The first-order valence-corrected chi connectivity index (χ1v) is 6.99. The monoisotopic (exact) mass is 309 g/mol. The minimum Gasteiger partial charge on any atom is -0.463 e. The smallest absolute Gasteiger partial charge is 0.350 e. The molecule has 1 aromatic rings. The first kappa shape index (κ1) is 16.2. The lowest BCUT2D eigenvalue weighted by Crippen LogP contribution is -2.27. The summed E-state index contributed by atoms with van der Waals surface area (Å²) in [5.41, 5.74) is 5.21. The van der Waals surface area contributed by atoms with E-state index in [-0.39, 0.29) is 19.0 Å². The van der Waals surface area contributed by atoms with Crippen molar-refractivity contribution in [3.8, 4) is 0 Å². The van der Waals surface area contributed by atoms with Gasteiger partial charge in [-0.2, -0.15) is 4.98 Å². The number of esters is 1. The largest absolute Gasteiger partial charge is 0.463 e. The number of rotatable bonds is 4. The lowest BCUT2D eigenvalue weighted by Gasteiger charge is -2.16. The Labute approximate surface area is 126 Å². The molecule has 1 fully saturated rings. The summed E-state index contributed by atoms with van der Waals surface area (Å²) in [6.07, 6.45) is 1.93. The van der Waals surface area contributed by atoms with Gasteiger partial charge in [-0.25, -0.2) is 9.59 Å². The third-order valence-electron chi connectivity index (χ3n) is 3.69. The van der Waals surface area contributed by atoms with Crippen LogP contribution in [0.4, 0.5) is 5.82 Å².